The molecular weight excluding hydrogens is 385 g/mol. The molecule has 1 aliphatic rings. The zero-order valence-electron chi connectivity index (χ0n) is 15.9. The summed E-state index contributed by atoms with van der Waals surface area (Å²) in [6.45, 7) is 0. The van der Waals surface area contributed by atoms with E-state index in [4.69, 9.17) is 9.31 Å². The lowest BCUT2D eigenvalue weighted by Crippen LogP contribution is -2.38. The number of halogens is 2. The van der Waals surface area contributed by atoms with Crippen molar-refractivity contribution in [2.45, 2.75) is 6.10 Å². The molecule has 4 aromatic rings. The Morgan fingerprint density at radius 3 is 2.10 bits per heavy atom. The predicted octanol–water partition coefficient (Wildman–Crippen LogP) is 6.05. The number of fused-ring (bicyclic) bond motifs is 2. The molecule has 150 valence electrons. The number of H-pyrrole nitrogens is 2. The van der Waals surface area contributed by atoms with Gasteiger partial charge in [-0.2, -0.15) is 0 Å². The van der Waals surface area contributed by atoms with Gasteiger partial charge in [0.15, 0.2) is 0 Å². The van der Waals surface area contributed by atoms with Gasteiger partial charge in [-0.05, 0) is 70.4 Å². The molecule has 4 nitrogen and oxygen atoms in total. The second kappa shape index (κ2) is 7.35. The molecule has 0 saturated carbocycles. The van der Waals surface area contributed by atoms with Gasteiger partial charge in [0.2, 0.25) is 0 Å². The highest BCUT2D eigenvalue weighted by molar-refractivity contribution is 6.52. The molecule has 30 heavy (non-hydrogen) atoms. The lowest BCUT2D eigenvalue weighted by atomic mass is 10.1. The van der Waals surface area contributed by atoms with Crippen LogP contribution in [0, 0.1) is 0 Å². The molecule has 0 aliphatic carbocycles. The number of aromatic nitrogens is 2. The molecule has 2 aromatic carbocycles. The largest absolute Gasteiger partial charge is 0.664 e. The highest BCUT2D eigenvalue weighted by Crippen LogP contribution is 2.27. The smallest absolute Gasteiger partial charge is 0.639 e. The number of allylic oxidation sites excluding steroid dienone is 1. The Balaban J connectivity index is 1.37. The van der Waals surface area contributed by atoms with Crippen molar-refractivity contribution in [3.8, 4) is 0 Å². The molecule has 1 atom stereocenters. The summed E-state index contributed by atoms with van der Waals surface area (Å²) in [6.07, 6.45) is 11.0. The number of hydrogen-bond donors (Lipinski definition) is 2. The van der Waals surface area contributed by atoms with Gasteiger partial charge in [0.05, 0.1) is 11.9 Å². The van der Waals surface area contributed by atoms with Crippen molar-refractivity contribution in [3.63, 3.8) is 0 Å². The molecule has 3 heterocycles. The molecule has 2 aromatic heterocycles. The highest BCUT2D eigenvalue weighted by Gasteiger charge is 2.36. The van der Waals surface area contributed by atoms with Crippen molar-refractivity contribution >= 4 is 41.1 Å². The summed E-state index contributed by atoms with van der Waals surface area (Å²) in [5.41, 5.74) is 3.83. The molecule has 5 rings (SSSR count). The third kappa shape index (κ3) is 3.93. The van der Waals surface area contributed by atoms with Crippen LogP contribution in [0.3, 0.4) is 0 Å². The van der Waals surface area contributed by atoms with Crippen LogP contribution in [0.25, 0.3) is 34.0 Å². The highest BCUT2D eigenvalue weighted by atomic mass is 19.3. The van der Waals surface area contributed by atoms with Crippen molar-refractivity contribution in [1.29, 1.82) is 0 Å². The summed E-state index contributed by atoms with van der Waals surface area (Å²) in [5.74, 6) is 0.0798. The van der Waals surface area contributed by atoms with Gasteiger partial charge in [-0.1, -0.05) is 30.4 Å². The third-order valence-corrected chi connectivity index (χ3v) is 4.99. The Labute approximate surface area is 171 Å². The summed E-state index contributed by atoms with van der Waals surface area (Å²) in [4.78, 5) is 6.25. The fourth-order valence-corrected chi connectivity index (χ4v) is 3.54. The Morgan fingerprint density at radius 1 is 0.800 bits per heavy atom. The van der Waals surface area contributed by atoms with Crippen molar-refractivity contribution < 1.29 is 17.9 Å². The van der Waals surface area contributed by atoms with Crippen molar-refractivity contribution in [1.82, 2.24) is 9.97 Å². The molecule has 0 radical (unpaired) electrons. The van der Waals surface area contributed by atoms with Gasteiger partial charge < -0.3 is 27.9 Å². The zero-order valence-corrected chi connectivity index (χ0v) is 15.9. The summed E-state index contributed by atoms with van der Waals surface area (Å²) in [6, 6.07) is 15.6. The van der Waals surface area contributed by atoms with Gasteiger partial charge >= 0.3 is 7.11 Å². The van der Waals surface area contributed by atoms with E-state index in [1.165, 1.54) is 6.08 Å². The Hall–Kier alpha value is -3.58. The molecule has 1 unspecified atom stereocenters. The van der Waals surface area contributed by atoms with Gasteiger partial charge in [0.25, 0.3) is 0 Å². The quantitative estimate of drug-likeness (QED) is 0.408. The minimum absolute atomic E-state index is 0.0798. The lowest BCUT2D eigenvalue weighted by molar-refractivity contribution is 0.0891. The van der Waals surface area contributed by atoms with Crippen LogP contribution in [0.2, 0.25) is 0 Å². The van der Waals surface area contributed by atoms with E-state index in [2.05, 4.69) is 9.97 Å². The molecule has 0 amide bonds. The SMILES string of the molecule is F[B-]1(F)OC(/C=C/c2ccc3[nH]ccc3c2)=CC(/C=C/c2ccc3[nH]ccc3c2)O1. The van der Waals surface area contributed by atoms with Crippen LogP contribution in [0.5, 0.6) is 0 Å². The topological polar surface area (TPSA) is 50.0 Å². The molecule has 2 N–H and O–H groups in total. The first-order valence-electron chi connectivity index (χ1n) is 9.63. The predicted molar refractivity (Wildman–Crippen MR) is 117 cm³/mol. The fourth-order valence-electron chi connectivity index (χ4n) is 3.54. The zero-order chi connectivity index (χ0) is 20.6. The number of aromatic amines is 2. The number of rotatable bonds is 4. The Morgan fingerprint density at radius 2 is 1.43 bits per heavy atom. The molecule has 0 fully saturated rings. The van der Waals surface area contributed by atoms with E-state index in [9.17, 15) is 8.63 Å². The van der Waals surface area contributed by atoms with E-state index in [0.29, 0.717) is 0 Å². The monoisotopic (exact) mass is 403 g/mol. The first kappa shape index (κ1) is 18.5. The van der Waals surface area contributed by atoms with Crippen molar-refractivity contribution in [2.75, 3.05) is 0 Å². The maximum Gasteiger partial charge on any atom is 0.664 e. The summed E-state index contributed by atoms with van der Waals surface area (Å²) >= 11 is 0. The normalized spacial score (nSPS) is 19.0. The standard InChI is InChI=1S/C23H18BF2N2O2/c25-24(26)29-20(5-1-16-3-7-22-18(13-16)9-11-27-22)15-21(30-24)6-2-17-4-8-23-19(14-17)10-12-28-23/h1-15,20,27-28H/q-1/b5-1+,6-2+. The van der Waals surface area contributed by atoms with E-state index in [1.807, 2.05) is 60.9 Å². The average Bonchev–Trinajstić information content (AvgIpc) is 3.38. The summed E-state index contributed by atoms with van der Waals surface area (Å²) in [7, 11) is -4.39. The van der Waals surface area contributed by atoms with Crippen LogP contribution in [-0.2, 0) is 9.31 Å². The van der Waals surface area contributed by atoms with Gasteiger partial charge in [-0.3, -0.25) is 0 Å². The van der Waals surface area contributed by atoms with Crippen LogP contribution in [-0.4, -0.2) is 23.2 Å². The van der Waals surface area contributed by atoms with Gasteiger partial charge in [0, 0.05) is 23.4 Å². The molecule has 0 saturated heterocycles. The first-order valence-corrected chi connectivity index (χ1v) is 9.63. The van der Waals surface area contributed by atoms with Crippen LogP contribution in [0.4, 0.5) is 8.63 Å². The second-order valence-corrected chi connectivity index (χ2v) is 7.16. The summed E-state index contributed by atoms with van der Waals surface area (Å²) in [5, 5.41) is 2.10. The lowest BCUT2D eigenvalue weighted by Gasteiger charge is -2.35. The first-order chi connectivity index (χ1) is 14.5. The number of hydrogen-bond acceptors (Lipinski definition) is 2. The Bertz CT molecular complexity index is 1300. The van der Waals surface area contributed by atoms with Gasteiger partial charge in [-0.25, -0.2) is 0 Å². The van der Waals surface area contributed by atoms with E-state index in [0.717, 1.165) is 32.9 Å². The van der Waals surface area contributed by atoms with E-state index in [-0.39, 0.29) is 5.76 Å². The van der Waals surface area contributed by atoms with Crippen LogP contribution in [0.15, 0.2) is 84.9 Å². The summed E-state index contributed by atoms with van der Waals surface area (Å²) < 4.78 is 37.5. The van der Waals surface area contributed by atoms with Crippen LogP contribution >= 0.6 is 0 Å². The molecule has 0 bridgehead atoms. The number of nitrogens with one attached hydrogen (secondary N) is 2. The minimum atomic E-state index is -4.39. The Kier molecular flexibility index (Phi) is 4.52. The number of benzene rings is 2. The third-order valence-electron chi connectivity index (χ3n) is 4.99. The van der Waals surface area contributed by atoms with Crippen LogP contribution < -0.4 is 0 Å². The average molecular weight is 403 g/mol. The van der Waals surface area contributed by atoms with Crippen molar-refractivity contribution in [3.05, 3.63) is 96.0 Å². The van der Waals surface area contributed by atoms with Gasteiger partial charge in [0.1, 0.15) is 0 Å². The molecular formula is C23H18BF2N2O2-. The minimum Gasteiger partial charge on any atom is -0.639 e. The molecule has 7 heteroatoms. The maximum atomic E-state index is 14.0. The van der Waals surface area contributed by atoms with Gasteiger partial charge in [-0.15, -0.1) is 0 Å². The van der Waals surface area contributed by atoms with E-state index < -0.39 is 13.2 Å². The molecule has 1 aliphatic heterocycles. The van der Waals surface area contributed by atoms with Crippen LogP contribution in [0.1, 0.15) is 11.1 Å². The fraction of sp³-hybridized carbons (Fsp3) is 0.0435. The van der Waals surface area contributed by atoms with E-state index in [1.54, 1.807) is 24.3 Å². The van der Waals surface area contributed by atoms with E-state index >= 15 is 0 Å². The maximum absolute atomic E-state index is 14.0. The second-order valence-electron chi connectivity index (χ2n) is 7.16. The van der Waals surface area contributed by atoms with Crippen molar-refractivity contribution in [2.24, 2.45) is 0 Å². The molecule has 0 spiro atoms.